The molecule has 0 aromatic heterocycles. The average Bonchev–Trinajstić information content (AvgIpc) is 2.16. The van der Waals surface area contributed by atoms with Gasteiger partial charge in [-0.2, -0.15) is 0 Å². The molecule has 0 fully saturated rings. The summed E-state index contributed by atoms with van der Waals surface area (Å²) in [6.45, 7) is 4.42. The van der Waals surface area contributed by atoms with E-state index in [1.165, 1.54) is 16.7 Å². The molecule has 1 rings (SSSR count). The van der Waals surface area contributed by atoms with Gasteiger partial charge in [-0.25, -0.2) is 0 Å². The zero-order valence-electron chi connectivity index (χ0n) is 7.73. The first-order valence-corrected chi connectivity index (χ1v) is 5.61. The number of halogens is 1. The summed E-state index contributed by atoms with van der Waals surface area (Å²) in [4.78, 5) is 0. The van der Waals surface area contributed by atoms with Crippen molar-refractivity contribution in [2.24, 2.45) is 0 Å². The lowest BCUT2D eigenvalue weighted by Crippen LogP contribution is -1.95. The number of hydrogen-bond donors (Lipinski definition) is 0. The fourth-order valence-corrected chi connectivity index (χ4v) is 2.24. The van der Waals surface area contributed by atoms with Gasteiger partial charge in [0.05, 0.1) is 0 Å². The summed E-state index contributed by atoms with van der Waals surface area (Å²) in [5.74, 6) is 0. The molecule has 0 nitrogen and oxygen atoms in total. The van der Waals surface area contributed by atoms with Gasteiger partial charge in [0.25, 0.3) is 0 Å². The van der Waals surface area contributed by atoms with E-state index in [9.17, 15) is 0 Å². The van der Waals surface area contributed by atoms with E-state index in [0.717, 1.165) is 18.2 Å². The topological polar surface area (TPSA) is 0 Å². The number of alkyl halides is 1. The lowest BCUT2D eigenvalue weighted by atomic mass is 9.99. The Balaban J connectivity index is 3.13. The molecule has 0 bridgehead atoms. The monoisotopic (exact) mass is 226 g/mol. The maximum absolute atomic E-state index is 3.54. The van der Waals surface area contributed by atoms with Crippen LogP contribution >= 0.6 is 15.9 Å². The van der Waals surface area contributed by atoms with Crippen LogP contribution in [0.4, 0.5) is 0 Å². The molecule has 0 heterocycles. The molecular weight excluding hydrogens is 212 g/mol. The highest BCUT2D eigenvalue weighted by Gasteiger charge is 2.03. The SMILES string of the molecule is CCc1cccc(CC)c1CBr. The van der Waals surface area contributed by atoms with Crippen LogP contribution in [0.1, 0.15) is 30.5 Å². The maximum Gasteiger partial charge on any atom is 0.0288 e. The van der Waals surface area contributed by atoms with Crippen molar-refractivity contribution in [1.29, 1.82) is 0 Å². The first-order chi connectivity index (χ1) is 5.83. The standard InChI is InChI=1S/C11H15Br/c1-3-9-6-5-7-10(4-2)11(9)8-12/h5-7H,3-4,8H2,1-2H3. The van der Waals surface area contributed by atoms with Gasteiger partial charge in [-0.05, 0) is 29.5 Å². The highest BCUT2D eigenvalue weighted by atomic mass is 79.9. The van der Waals surface area contributed by atoms with Gasteiger partial charge in [-0.3, -0.25) is 0 Å². The Morgan fingerprint density at radius 2 is 1.58 bits per heavy atom. The van der Waals surface area contributed by atoms with Crippen molar-refractivity contribution in [3.8, 4) is 0 Å². The Morgan fingerprint density at radius 3 is 1.92 bits per heavy atom. The fourth-order valence-electron chi connectivity index (χ4n) is 1.52. The minimum Gasteiger partial charge on any atom is -0.0876 e. The molecule has 1 heteroatoms. The summed E-state index contributed by atoms with van der Waals surface area (Å²) in [6.07, 6.45) is 2.27. The molecule has 0 aliphatic carbocycles. The van der Waals surface area contributed by atoms with Crippen molar-refractivity contribution in [2.45, 2.75) is 32.0 Å². The van der Waals surface area contributed by atoms with Crippen molar-refractivity contribution in [1.82, 2.24) is 0 Å². The highest BCUT2D eigenvalue weighted by Crippen LogP contribution is 2.18. The zero-order valence-corrected chi connectivity index (χ0v) is 9.32. The van der Waals surface area contributed by atoms with Gasteiger partial charge in [0.15, 0.2) is 0 Å². The molecule has 0 amide bonds. The van der Waals surface area contributed by atoms with E-state index < -0.39 is 0 Å². The average molecular weight is 227 g/mol. The molecule has 0 radical (unpaired) electrons. The van der Waals surface area contributed by atoms with Gasteiger partial charge < -0.3 is 0 Å². The third-order valence-electron chi connectivity index (χ3n) is 2.27. The van der Waals surface area contributed by atoms with Crippen molar-refractivity contribution >= 4 is 15.9 Å². The van der Waals surface area contributed by atoms with Crippen molar-refractivity contribution in [3.05, 3.63) is 34.9 Å². The van der Waals surface area contributed by atoms with Crippen LogP contribution in [0.25, 0.3) is 0 Å². The van der Waals surface area contributed by atoms with E-state index in [-0.39, 0.29) is 0 Å². The molecule has 0 aliphatic rings. The highest BCUT2D eigenvalue weighted by molar-refractivity contribution is 9.08. The van der Waals surface area contributed by atoms with Gasteiger partial charge in [0.1, 0.15) is 0 Å². The molecule has 0 saturated heterocycles. The van der Waals surface area contributed by atoms with E-state index in [2.05, 4.69) is 48.0 Å². The molecule has 66 valence electrons. The van der Waals surface area contributed by atoms with E-state index in [1.54, 1.807) is 0 Å². The summed E-state index contributed by atoms with van der Waals surface area (Å²) in [6, 6.07) is 6.59. The van der Waals surface area contributed by atoms with Crippen molar-refractivity contribution < 1.29 is 0 Å². The van der Waals surface area contributed by atoms with Crippen LogP contribution in [-0.4, -0.2) is 0 Å². The number of aryl methyl sites for hydroxylation is 2. The van der Waals surface area contributed by atoms with Crippen molar-refractivity contribution in [3.63, 3.8) is 0 Å². The summed E-state index contributed by atoms with van der Waals surface area (Å²) in [5.41, 5.74) is 4.44. The number of benzene rings is 1. The fraction of sp³-hybridized carbons (Fsp3) is 0.455. The smallest absolute Gasteiger partial charge is 0.0288 e. The van der Waals surface area contributed by atoms with E-state index >= 15 is 0 Å². The van der Waals surface area contributed by atoms with E-state index in [4.69, 9.17) is 0 Å². The summed E-state index contributed by atoms with van der Waals surface area (Å²) in [7, 11) is 0. The Labute approximate surface area is 83.1 Å². The summed E-state index contributed by atoms with van der Waals surface area (Å²) < 4.78 is 0. The van der Waals surface area contributed by atoms with Gasteiger partial charge in [0, 0.05) is 5.33 Å². The van der Waals surface area contributed by atoms with Gasteiger partial charge in [0.2, 0.25) is 0 Å². The third-order valence-corrected chi connectivity index (χ3v) is 2.83. The second kappa shape index (κ2) is 4.66. The van der Waals surface area contributed by atoms with Crippen LogP contribution < -0.4 is 0 Å². The van der Waals surface area contributed by atoms with Crippen LogP contribution in [0.15, 0.2) is 18.2 Å². The van der Waals surface area contributed by atoms with E-state index in [0.29, 0.717) is 0 Å². The molecule has 0 N–H and O–H groups in total. The largest absolute Gasteiger partial charge is 0.0876 e. The number of rotatable bonds is 3. The predicted molar refractivity (Wildman–Crippen MR) is 57.8 cm³/mol. The molecule has 0 spiro atoms. The Kier molecular flexibility index (Phi) is 3.80. The second-order valence-electron chi connectivity index (χ2n) is 2.90. The third kappa shape index (κ3) is 1.89. The Morgan fingerprint density at radius 1 is 1.08 bits per heavy atom. The van der Waals surface area contributed by atoms with Gasteiger partial charge in [-0.15, -0.1) is 0 Å². The molecule has 0 aliphatic heterocycles. The molecule has 1 aromatic carbocycles. The molecule has 1 aromatic rings. The lowest BCUT2D eigenvalue weighted by molar-refractivity contribution is 1.04. The van der Waals surface area contributed by atoms with Crippen LogP contribution in [0.3, 0.4) is 0 Å². The predicted octanol–water partition coefficient (Wildman–Crippen LogP) is 3.71. The zero-order chi connectivity index (χ0) is 8.97. The molecule has 12 heavy (non-hydrogen) atoms. The Hall–Kier alpha value is -0.300. The van der Waals surface area contributed by atoms with Crippen LogP contribution in [0.5, 0.6) is 0 Å². The van der Waals surface area contributed by atoms with Gasteiger partial charge >= 0.3 is 0 Å². The Bertz CT molecular complexity index is 231. The molecular formula is C11H15Br. The molecule has 0 unspecified atom stereocenters. The van der Waals surface area contributed by atoms with Crippen LogP contribution in [-0.2, 0) is 18.2 Å². The second-order valence-corrected chi connectivity index (χ2v) is 3.46. The van der Waals surface area contributed by atoms with Gasteiger partial charge in [-0.1, -0.05) is 48.0 Å². The van der Waals surface area contributed by atoms with E-state index in [1.807, 2.05) is 0 Å². The minimum atomic E-state index is 0.986. The maximum atomic E-state index is 3.54. The summed E-state index contributed by atoms with van der Waals surface area (Å²) in [5, 5.41) is 0.986. The summed E-state index contributed by atoms with van der Waals surface area (Å²) >= 11 is 3.54. The quantitative estimate of drug-likeness (QED) is 0.690. The first kappa shape index (κ1) is 9.79. The first-order valence-electron chi connectivity index (χ1n) is 4.49. The number of hydrogen-bond acceptors (Lipinski definition) is 0. The molecule has 0 atom stereocenters. The normalized spacial score (nSPS) is 10.2. The van der Waals surface area contributed by atoms with Crippen LogP contribution in [0.2, 0.25) is 0 Å². The molecule has 0 saturated carbocycles. The lowest BCUT2D eigenvalue weighted by Gasteiger charge is -2.09. The van der Waals surface area contributed by atoms with Crippen LogP contribution in [0, 0.1) is 0 Å². The van der Waals surface area contributed by atoms with Crippen molar-refractivity contribution in [2.75, 3.05) is 0 Å². The minimum absolute atomic E-state index is 0.986.